The summed E-state index contributed by atoms with van der Waals surface area (Å²) in [6.45, 7) is 8.89. The lowest BCUT2D eigenvalue weighted by atomic mass is 9.46. The van der Waals surface area contributed by atoms with Crippen molar-refractivity contribution < 1.29 is 9.90 Å². The lowest BCUT2D eigenvalue weighted by Crippen LogP contribution is -2.54. The maximum atomic E-state index is 12.0. The molecule has 0 amide bonds. The Hall–Kier alpha value is -1.33. The molecule has 0 aromatic heterocycles. The smallest absolute Gasteiger partial charge is 0.156 e. The number of hydrogen-bond acceptors (Lipinski definition) is 2. The lowest BCUT2D eigenvalue weighted by molar-refractivity contribution is -0.118. The summed E-state index contributed by atoms with van der Waals surface area (Å²) in [7, 11) is 0. The van der Waals surface area contributed by atoms with E-state index in [1.807, 2.05) is 6.08 Å². The Bertz CT molecular complexity index is 695. The van der Waals surface area contributed by atoms with Crippen LogP contribution in [-0.4, -0.2) is 16.5 Å². The Morgan fingerprint density at radius 1 is 1.25 bits per heavy atom. The van der Waals surface area contributed by atoms with Gasteiger partial charge in [0.1, 0.15) is 5.60 Å². The molecule has 24 heavy (non-hydrogen) atoms. The summed E-state index contributed by atoms with van der Waals surface area (Å²) in [4.78, 5) is 12.0. The minimum Gasteiger partial charge on any atom is -0.377 e. The standard InChI is InChI=1S/C22H28O2/c1-5-22(24)11-8-18-16-12-14(2)19-13-15(23)6-9-20(19,3)17(16)7-10-21(18,22)4/h1,13,16-18,24H,2,6-12H2,3-4H3/t16-,17-,18+,20-,21+,22?/m1/s1. The monoisotopic (exact) mass is 324 g/mol. The molecule has 3 saturated carbocycles. The van der Waals surface area contributed by atoms with Gasteiger partial charge in [0.25, 0.3) is 0 Å². The molecule has 0 saturated heterocycles. The van der Waals surface area contributed by atoms with Gasteiger partial charge >= 0.3 is 0 Å². The van der Waals surface area contributed by atoms with Crippen molar-refractivity contribution in [1.82, 2.24) is 0 Å². The van der Waals surface area contributed by atoms with Crippen LogP contribution in [0, 0.1) is 40.9 Å². The fourth-order valence-corrected chi connectivity index (χ4v) is 6.82. The van der Waals surface area contributed by atoms with Gasteiger partial charge in [0.05, 0.1) is 0 Å². The zero-order valence-corrected chi connectivity index (χ0v) is 14.9. The number of rotatable bonds is 0. The molecule has 6 atom stereocenters. The molecule has 4 rings (SSSR count). The second kappa shape index (κ2) is 4.85. The van der Waals surface area contributed by atoms with Crippen LogP contribution < -0.4 is 0 Å². The molecule has 0 bridgehead atoms. The van der Waals surface area contributed by atoms with Gasteiger partial charge in [-0.25, -0.2) is 0 Å². The number of ketones is 1. The zero-order valence-electron chi connectivity index (χ0n) is 14.9. The molecule has 0 radical (unpaired) electrons. The molecule has 0 spiro atoms. The molecule has 2 nitrogen and oxygen atoms in total. The van der Waals surface area contributed by atoms with Crippen molar-refractivity contribution >= 4 is 5.78 Å². The summed E-state index contributed by atoms with van der Waals surface area (Å²) in [6.07, 6.45) is 14.0. The van der Waals surface area contributed by atoms with Crippen LogP contribution in [0.5, 0.6) is 0 Å². The van der Waals surface area contributed by atoms with Crippen molar-refractivity contribution in [2.75, 3.05) is 0 Å². The predicted octanol–water partition coefficient (Wildman–Crippen LogP) is 4.05. The van der Waals surface area contributed by atoms with Crippen LogP contribution in [0.3, 0.4) is 0 Å². The van der Waals surface area contributed by atoms with Gasteiger partial charge in [0.15, 0.2) is 5.78 Å². The van der Waals surface area contributed by atoms with E-state index in [0.717, 1.165) is 44.1 Å². The van der Waals surface area contributed by atoms with Crippen molar-refractivity contribution in [2.45, 2.75) is 64.4 Å². The molecule has 128 valence electrons. The summed E-state index contributed by atoms with van der Waals surface area (Å²) < 4.78 is 0. The molecule has 0 heterocycles. The van der Waals surface area contributed by atoms with E-state index in [9.17, 15) is 9.90 Å². The zero-order chi connectivity index (χ0) is 17.3. The average molecular weight is 324 g/mol. The summed E-state index contributed by atoms with van der Waals surface area (Å²) in [5, 5.41) is 11.0. The highest BCUT2D eigenvalue weighted by Gasteiger charge is 2.63. The number of aliphatic hydroxyl groups is 1. The fraction of sp³-hybridized carbons (Fsp3) is 0.682. The molecule has 1 N–H and O–H groups in total. The number of allylic oxidation sites excluding steroid dienone is 2. The summed E-state index contributed by atoms with van der Waals surface area (Å²) in [5.41, 5.74) is 1.31. The van der Waals surface area contributed by atoms with E-state index in [1.54, 1.807) is 0 Å². The third-order valence-corrected chi connectivity index (χ3v) is 8.32. The minimum atomic E-state index is -0.955. The molecule has 2 heteroatoms. The Morgan fingerprint density at radius 3 is 2.67 bits per heavy atom. The first-order valence-corrected chi connectivity index (χ1v) is 9.38. The largest absolute Gasteiger partial charge is 0.377 e. The Balaban J connectivity index is 1.75. The van der Waals surface area contributed by atoms with Crippen molar-refractivity contribution in [3.05, 3.63) is 23.8 Å². The number of carbonyl (C=O) groups is 1. The quantitative estimate of drug-likeness (QED) is 0.683. The Kier molecular flexibility index (Phi) is 3.27. The van der Waals surface area contributed by atoms with Crippen LogP contribution in [0.25, 0.3) is 0 Å². The topological polar surface area (TPSA) is 37.3 Å². The molecule has 4 aliphatic carbocycles. The molecule has 0 aliphatic heterocycles. The van der Waals surface area contributed by atoms with Crippen LogP contribution in [0.15, 0.2) is 23.8 Å². The van der Waals surface area contributed by atoms with Crippen molar-refractivity contribution in [2.24, 2.45) is 28.6 Å². The summed E-state index contributed by atoms with van der Waals surface area (Å²) in [5.74, 6) is 4.57. The van der Waals surface area contributed by atoms with Crippen LogP contribution in [0.2, 0.25) is 0 Å². The van der Waals surface area contributed by atoms with Gasteiger partial charge in [-0.3, -0.25) is 4.79 Å². The molecule has 3 fully saturated rings. The maximum absolute atomic E-state index is 12.0. The van der Waals surface area contributed by atoms with Crippen LogP contribution in [0.4, 0.5) is 0 Å². The van der Waals surface area contributed by atoms with Gasteiger partial charge in [-0.2, -0.15) is 0 Å². The molecular formula is C22H28O2. The Morgan fingerprint density at radius 2 is 1.96 bits per heavy atom. The van der Waals surface area contributed by atoms with Gasteiger partial charge in [0.2, 0.25) is 0 Å². The molecule has 4 aliphatic rings. The molecule has 0 aromatic rings. The lowest BCUT2D eigenvalue weighted by Gasteiger charge is -2.59. The fourth-order valence-electron chi connectivity index (χ4n) is 6.82. The average Bonchev–Trinajstić information content (AvgIpc) is 2.82. The highest BCUT2D eigenvalue weighted by atomic mass is 16.3. The first-order chi connectivity index (χ1) is 11.2. The number of terminal acetylenes is 1. The number of hydrogen-bond donors (Lipinski definition) is 1. The summed E-state index contributed by atoms with van der Waals surface area (Å²) >= 11 is 0. The van der Waals surface area contributed by atoms with Crippen LogP contribution >= 0.6 is 0 Å². The van der Waals surface area contributed by atoms with Crippen molar-refractivity contribution in [1.29, 1.82) is 0 Å². The Labute approximate surface area is 145 Å². The third-order valence-electron chi connectivity index (χ3n) is 8.32. The third kappa shape index (κ3) is 1.80. The second-order valence-corrected chi connectivity index (χ2v) is 9.13. The SMILES string of the molecule is C#CC1(O)CC[C@H]2[C@@H]3CC(=C)C4=CC(=O)CC[C@]4(C)[C@@H]3CC[C@@]21C. The van der Waals surface area contributed by atoms with E-state index < -0.39 is 5.60 Å². The van der Waals surface area contributed by atoms with Gasteiger partial charge < -0.3 is 5.11 Å². The minimum absolute atomic E-state index is 0.0755. The van der Waals surface area contributed by atoms with Gasteiger partial charge in [-0.1, -0.05) is 31.9 Å². The number of carbonyl (C=O) groups excluding carboxylic acids is 1. The first-order valence-electron chi connectivity index (χ1n) is 9.38. The van der Waals surface area contributed by atoms with Crippen LogP contribution in [0.1, 0.15) is 58.8 Å². The van der Waals surface area contributed by atoms with Gasteiger partial charge in [-0.05, 0) is 73.3 Å². The highest BCUT2D eigenvalue weighted by molar-refractivity contribution is 5.92. The summed E-state index contributed by atoms with van der Waals surface area (Å²) in [6, 6.07) is 0. The van der Waals surface area contributed by atoms with Crippen molar-refractivity contribution in [3.63, 3.8) is 0 Å². The highest BCUT2D eigenvalue weighted by Crippen LogP contribution is 2.67. The van der Waals surface area contributed by atoms with Crippen LogP contribution in [-0.2, 0) is 4.79 Å². The van der Waals surface area contributed by atoms with E-state index in [0.29, 0.717) is 24.2 Å². The van der Waals surface area contributed by atoms with Crippen molar-refractivity contribution in [3.8, 4) is 12.3 Å². The first kappa shape index (κ1) is 16.2. The van der Waals surface area contributed by atoms with E-state index >= 15 is 0 Å². The maximum Gasteiger partial charge on any atom is 0.156 e. The second-order valence-electron chi connectivity index (χ2n) is 9.13. The van der Waals surface area contributed by atoms with E-state index in [4.69, 9.17) is 6.42 Å². The van der Waals surface area contributed by atoms with E-state index in [1.165, 1.54) is 5.57 Å². The molecular weight excluding hydrogens is 296 g/mol. The normalized spacial score (nSPS) is 50.4. The van der Waals surface area contributed by atoms with E-state index in [2.05, 4.69) is 26.3 Å². The molecule has 0 aromatic carbocycles. The van der Waals surface area contributed by atoms with Gasteiger partial charge in [0, 0.05) is 11.8 Å². The van der Waals surface area contributed by atoms with Gasteiger partial charge in [-0.15, -0.1) is 6.42 Å². The molecule has 1 unspecified atom stereocenters. The van der Waals surface area contributed by atoms with E-state index in [-0.39, 0.29) is 16.6 Å². The predicted molar refractivity (Wildman–Crippen MR) is 95.0 cm³/mol. The number of fused-ring (bicyclic) bond motifs is 5.